The molecule has 0 aromatic carbocycles. The first kappa shape index (κ1) is 17.3. The van der Waals surface area contributed by atoms with E-state index in [1.807, 2.05) is 0 Å². The minimum Gasteiger partial charge on any atom is -0.330 e. The van der Waals surface area contributed by atoms with Crippen LogP contribution in [0.4, 0.5) is 0 Å². The Balaban J connectivity index is 2.44. The maximum atomic E-state index is 12.0. The van der Waals surface area contributed by atoms with E-state index >= 15 is 0 Å². The van der Waals surface area contributed by atoms with Crippen molar-refractivity contribution in [1.82, 2.24) is 4.98 Å². The van der Waals surface area contributed by atoms with Gasteiger partial charge in [-0.2, -0.15) is 0 Å². The van der Waals surface area contributed by atoms with Crippen molar-refractivity contribution in [2.24, 2.45) is 11.7 Å². The van der Waals surface area contributed by atoms with Crippen LogP contribution in [0.5, 0.6) is 0 Å². The lowest BCUT2D eigenvalue weighted by molar-refractivity contribution is -0.118. The molecule has 0 saturated heterocycles. The Hall–Kier alpha value is -0.740. The number of Topliss-reactive ketones (excluding diaryl/α,β-unsaturated/α-hetero) is 1. The Kier molecular flexibility index (Phi) is 6.83. The molecule has 0 aliphatic heterocycles. The summed E-state index contributed by atoms with van der Waals surface area (Å²) in [6.07, 6.45) is 4.23. The average Bonchev–Trinajstić information content (AvgIpc) is 2.82. The summed E-state index contributed by atoms with van der Waals surface area (Å²) in [6, 6.07) is 0. The van der Waals surface area contributed by atoms with Crippen molar-refractivity contribution < 1.29 is 4.79 Å². The summed E-state index contributed by atoms with van der Waals surface area (Å²) in [4.78, 5) is 16.6. The minimum absolute atomic E-state index is 0.0617. The molecule has 0 aliphatic rings. The summed E-state index contributed by atoms with van der Waals surface area (Å²) in [5.74, 6) is 0.890. The Morgan fingerprint density at radius 2 is 2.10 bits per heavy atom. The third-order valence-electron chi connectivity index (χ3n) is 3.65. The molecular weight excluding hydrogens is 268 g/mol. The standard InChI is InChI=1S/C16H28N2OS/c1-5-12(8-9-17)6-7-13(19)10-15-18-14(11-20-15)16(2,3)4/h11-12H,5-10,17H2,1-4H3. The number of nitrogens with zero attached hydrogens (tertiary/aromatic N) is 1. The molecule has 3 nitrogen and oxygen atoms in total. The van der Waals surface area contributed by atoms with Crippen molar-refractivity contribution in [1.29, 1.82) is 0 Å². The second-order valence-corrected chi connectivity index (χ2v) is 7.42. The van der Waals surface area contributed by atoms with Crippen LogP contribution in [-0.2, 0) is 16.6 Å². The molecule has 1 aromatic heterocycles. The summed E-state index contributed by atoms with van der Waals surface area (Å²) in [5, 5.41) is 3.03. The van der Waals surface area contributed by atoms with E-state index in [2.05, 4.69) is 38.1 Å². The maximum Gasteiger partial charge on any atom is 0.139 e. The van der Waals surface area contributed by atoms with E-state index in [0.29, 0.717) is 31.1 Å². The normalized spacial score (nSPS) is 13.4. The molecule has 1 aromatic rings. The molecule has 1 rings (SSSR count). The van der Waals surface area contributed by atoms with E-state index in [-0.39, 0.29) is 5.41 Å². The van der Waals surface area contributed by atoms with Gasteiger partial charge in [-0.05, 0) is 25.3 Å². The van der Waals surface area contributed by atoms with Gasteiger partial charge in [0.15, 0.2) is 0 Å². The van der Waals surface area contributed by atoms with Crippen LogP contribution in [0, 0.1) is 5.92 Å². The first-order valence-electron chi connectivity index (χ1n) is 7.53. The Bertz CT molecular complexity index is 420. The van der Waals surface area contributed by atoms with Gasteiger partial charge in [0.05, 0.1) is 12.1 Å². The fraction of sp³-hybridized carbons (Fsp3) is 0.750. The second-order valence-electron chi connectivity index (χ2n) is 6.48. The number of hydrogen-bond acceptors (Lipinski definition) is 4. The Labute approximate surface area is 127 Å². The number of ketones is 1. The van der Waals surface area contributed by atoms with Gasteiger partial charge in [-0.15, -0.1) is 11.3 Å². The van der Waals surface area contributed by atoms with E-state index in [0.717, 1.165) is 30.0 Å². The molecule has 2 N–H and O–H groups in total. The molecule has 0 aliphatic carbocycles. The van der Waals surface area contributed by atoms with Gasteiger partial charge >= 0.3 is 0 Å². The number of carbonyl (C=O) groups is 1. The van der Waals surface area contributed by atoms with Crippen LogP contribution in [-0.4, -0.2) is 17.3 Å². The van der Waals surface area contributed by atoms with E-state index in [1.165, 1.54) is 0 Å². The fourth-order valence-electron chi connectivity index (χ4n) is 2.15. The molecule has 0 spiro atoms. The molecular formula is C16H28N2OS. The lowest BCUT2D eigenvalue weighted by Gasteiger charge is -2.14. The van der Waals surface area contributed by atoms with Crippen LogP contribution >= 0.6 is 11.3 Å². The summed E-state index contributed by atoms with van der Waals surface area (Å²) < 4.78 is 0. The molecule has 0 fully saturated rings. The summed E-state index contributed by atoms with van der Waals surface area (Å²) in [6.45, 7) is 9.32. The number of nitrogens with two attached hydrogens (primary N) is 1. The third kappa shape index (κ3) is 5.71. The predicted octanol–water partition coefficient (Wildman–Crippen LogP) is 3.71. The molecule has 4 heteroatoms. The zero-order valence-corrected chi connectivity index (χ0v) is 14.1. The summed E-state index contributed by atoms with van der Waals surface area (Å²) in [5.41, 5.74) is 6.73. The van der Waals surface area contributed by atoms with Crippen LogP contribution in [0.2, 0.25) is 0 Å². The van der Waals surface area contributed by atoms with E-state index in [1.54, 1.807) is 11.3 Å². The van der Waals surface area contributed by atoms with Gasteiger partial charge in [-0.1, -0.05) is 34.1 Å². The molecule has 0 radical (unpaired) electrons. The highest BCUT2D eigenvalue weighted by Gasteiger charge is 2.18. The van der Waals surface area contributed by atoms with Crippen molar-refractivity contribution >= 4 is 17.1 Å². The van der Waals surface area contributed by atoms with Gasteiger partial charge in [0, 0.05) is 17.2 Å². The van der Waals surface area contributed by atoms with Crippen LogP contribution < -0.4 is 5.73 Å². The molecule has 0 saturated carbocycles. The number of thiazole rings is 1. The van der Waals surface area contributed by atoms with Gasteiger partial charge < -0.3 is 5.73 Å². The number of carbonyl (C=O) groups excluding carboxylic acids is 1. The quantitative estimate of drug-likeness (QED) is 0.795. The zero-order chi connectivity index (χ0) is 15.2. The van der Waals surface area contributed by atoms with Crippen molar-refractivity contribution in [3.05, 3.63) is 16.1 Å². The largest absolute Gasteiger partial charge is 0.330 e. The van der Waals surface area contributed by atoms with Gasteiger partial charge in [0.25, 0.3) is 0 Å². The SMILES string of the molecule is CCC(CCN)CCC(=O)Cc1nc(C(C)(C)C)cs1. The molecule has 1 unspecified atom stereocenters. The highest BCUT2D eigenvalue weighted by molar-refractivity contribution is 7.09. The number of aromatic nitrogens is 1. The highest BCUT2D eigenvalue weighted by Crippen LogP contribution is 2.24. The highest BCUT2D eigenvalue weighted by atomic mass is 32.1. The molecule has 1 atom stereocenters. The van der Waals surface area contributed by atoms with Crippen LogP contribution in [0.1, 0.15) is 64.1 Å². The van der Waals surface area contributed by atoms with E-state index in [9.17, 15) is 4.79 Å². The van der Waals surface area contributed by atoms with Crippen molar-refractivity contribution in [2.75, 3.05) is 6.54 Å². The molecule has 114 valence electrons. The molecule has 0 amide bonds. The molecule has 20 heavy (non-hydrogen) atoms. The number of rotatable bonds is 8. The summed E-state index contributed by atoms with van der Waals surface area (Å²) >= 11 is 1.60. The lowest BCUT2D eigenvalue weighted by atomic mass is 9.93. The van der Waals surface area contributed by atoms with E-state index in [4.69, 9.17) is 5.73 Å². The third-order valence-corrected chi connectivity index (χ3v) is 4.50. The van der Waals surface area contributed by atoms with Crippen molar-refractivity contribution in [3.63, 3.8) is 0 Å². The lowest BCUT2D eigenvalue weighted by Crippen LogP contribution is -2.13. The van der Waals surface area contributed by atoms with Crippen molar-refractivity contribution in [3.8, 4) is 0 Å². The van der Waals surface area contributed by atoms with Crippen LogP contribution in [0.15, 0.2) is 5.38 Å². The fourth-order valence-corrected chi connectivity index (χ4v) is 3.20. The monoisotopic (exact) mass is 296 g/mol. The van der Waals surface area contributed by atoms with Crippen molar-refractivity contribution in [2.45, 2.75) is 65.2 Å². The van der Waals surface area contributed by atoms with Gasteiger partial charge in [-0.25, -0.2) is 4.98 Å². The molecule has 1 heterocycles. The first-order chi connectivity index (χ1) is 9.36. The maximum absolute atomic E-state index is 12.0. The molecule has 0 bridgehead atoms. The Morgan fingerprint density at radius 1 is 1.40 bits per heavy atom. The van der Waals surface area contributed by atoms with Gasteiger partial charge in [0.1, 0.15) is 10.8 Å². The average molecular weight is 296 g/mol. The minimum atomic E-state index is 0.0617. The van der Waals surface area contributed by atoms with Crippen LogP contribution in [0.3, 0.4) is 0 Å². The van der Waals surface area contributed by atoms with Gasteiger partial charge in [-0.3, -0.25) is 4.79 Å². The van der Waals surface area contributed by atoms with E-state index < -0.39 is 0 Å². The predicted molar refractivity (Wildman–Crippen MR) is 86.2 cm³/mol. The topological polar surface area (TPSA) is 56.0 Å². The Morgan fingerprint density at radius 3 is 2.60 bits per heavy atom. The smallest absolute Gasteiger partial charge is 0.139 e. The van der Waals surface area contributed by atoms with Gasteiger partial charge in [0.2, 0.25) is 0 Å². The number of hydrogen-bond donors (Lipinski definition) is 1. The zero-order valence-electron chi connectivity index (χ0n) is 13.2. The summed E-state index contributed by atoms with van der Waals surface area (Å²) in [7, 11) is 0. The first-order valence-corrected chi connectivity index (χ1v) is 8.41. The second kappa shape index (κ2) is 7.89. The van der Waals surface area contributed by atoms with Crippen LogP contribution in [0.25, 0.3) is 0 Å².